The van der Waals surface area contributed by atoms with Gasteiger partial charge >= 0.3 is 0 Å². The number of aryl methyl sites for hydroxylation is 1. The monoisotopic (exact) mass is 268 g/mol. The summed E-state index contributed by atoms with van der Waals surface area (Å²) in [5.41, 5.74) is 0. The van der Waals surface area contributed by atoms with Crippen molar-refractivity contribution in [2.24, 2.45) is 0 Å². The minimum Gasteiger partial charge on any atom is -0.490 e. The zero-order chi connectivity index (χ0) is 12.3. The third-order valence-corrected chi connectivity index (χ3v) is 3.66. The summed E-state index contributed by atoms with van der Waals surface area (Å²) in [5.74, 6) is 0.710. The Kier molecular flexibility index (Phi) is 4.05. The lowest BCUT2D eigenvalue weighted by Gasteiger charge is -2.10. The average molecular weight is 269 g/mol. The second-order valence-corrected chi connectivity index (χ2v) is 5.49. The summed E-state index contributed by atoms with van der Waals surface area (Å²) in [6.07, 6.45) is -0.579. The number of thiophene rings is 1. The maximum atomic E-state index is 9.91. The number of hydrogen-bond acceptors (Lipinski definition) is 3. The average Bonchev–Trinajstić information content (AvgIpc) is 2.75. The highest BCUT2D eigenvalue weighted by Crippen LogP contribution is 2.24. The van der Waals surface area contributed by atoms with Crippen molar-refractivity contribution in [1.29, 1.82) is 0 Å². The first kappa shape index (κ1) is 12.4. The van der Waals surface area contributed by atoms with Crippen LogP contribution in [0.15, 0.2) is 36.4 Å². The van der Waals surface area contributed by atoms with E-state index in [4.69, 9.17) is 16.3 Å². The van der Waals surface area contributed by atoms with Gasteiger partial charge in [-0.05, 0) is 43.3 Å². The Labute approximate surface area is 109 Å². The van der Waals surface area contributed by atoms with Crippen LogP contribution in [-0.2, 0) is 0 Å². The van der Waals surface area contributed by atoms with E-state index in [1.807, 2.05) is 19.1 Å². The Hall–Kier alpha value is -1.03. The largest absolute Gasteiger partial charge is 0.490 e. The third-order valence-electron chi connectivity index (χ3n) is 2.31. The molecule has 1 unspecified atom stereocenters. The maximum Gasteiger partial charge on any atom is 0.122 e. The molecule has 90 valence electrons. The van der Waals surface area contributed by atoms with Crippen molar-refractivity contribution in [3.05, 3.63) is 51.2 Å². The number of ether oxygens (including phenoxy) is 1. The quantitative estimate of drug-likeness (QED) is 0.913. The van der Waals surface area contributed by atoms with E-state index in [-0.39, 0.29) is 6.61 Å². The maximum absolute atomic E-state index is 9.91. The molecule has 1 aromatic heterocycles. The first-order chi connectivity index (χ1) is 8.15. The van der Waals surface area contributed by atoms with Gasteiger partial charge in [0.1, 0.15) is 18.5 Å². The van der Waals surface area contributed by atoms with Crippen LogP contribution >= 0.6 is 22.9 Å². The molecule has 17 heavy (non-hydrogen) atoms. The van der Waals surface area contributed by atoms with Crippen LogP contribution in [0.1, 0.15) is 15.9 Å². The fraction of sp³-hybridized carbons (Fsp3) is 0.231. The molecule has 1 aromatic carbocycles. The van der Waals surface area contributed by atoms with Crippen LogP contribution in [0.4, 0.5) is 0 Å². The van der Waals surface area contributed by atoms with Gasteiger partial charge in [0.05, 0.1) is 0 Å². The molecule has 0 amide bonds. The minimum atomic E-state index is -0.579. The Morgan fingerprint density at radius 2 is 1.94 bits per heavy atom. The van der Waals surface area contributed by atoms with E-state index in [0.29, 0.717) is 10.8 Å². The molecule has 0 fully saturated rings. The molecule has 0 aliphatic heterocycles. The molecular formula is C13H13ClO2S. The molecule has 0 spiro atoms. The molecule has 1 atom stereocenters. The van der Waals surface area contributed by atoms with Gasteiger partial charge in [-0.1, -0.05) is 11.6 Å². The summed E-state index contributed by atoms with van der Waals surface area (Å²) in [6.45, 7) is 2.27. The van der Waals surface area contributed by atoms with E-state index in [2.05, 4.69) is 0 Å². The van der Waals surface area contributed by atoms with Gasteiger partial charge in [0.25, 0.3) is 0 Å². The van der Waals surface area contributed by atoms with Crippen molar-refractivity contribution in [1.82, 2.24) is 0 Å². The van der Waals surface area contributed by atoms with Crippen molar-refractivity contribution in [3.63, 3.8) is 0 Å². The molecule has 0 saturated heterocycles. The fourth-order valence-corrected chi connectivity index (χ4v) is 2.39. The van der Waals surface area contributed by atoms with Gasteiger partial charge in [0.15, 0.2) is 0 Å². The third kappa shape index (κ3) is 3.46. The van der Waals surface area contributed by atoms with Gasteiger partial charge < -0.3 is 9.84 Å². The Bertz CT molecular complexity index is 478. The van der Waals surface area contributed by atoms with Crippen molar-refractivity contribution >= 4 is 22.9 Å². The van der Waals surface area contributed by atoms with E-state index < -0.39 is 6.10 Å². The lowest BCUT2D eigenvalue weighted by atomic mass is 10.3. The van der Waals surface area contributed by atoms with E-state index in [1.165, 1.54) is 4.88 Å². The molecule has 1 heterocycles. The second kappa shape index (κ2) is 5.54. The van der Waals surface area contributed by atoms with Crippen LogP contribution in [0, 0.1) is 6.92 Å². The Morgan fingerprint density at radius 1 is 1.24 bits per heavy atom. The van der Waals surface area contributed by atoms with Gasteiger partial charge in [0.2, 0.25) is 0 Å². The molecule has 2 rings (SSSR count). The molecule has 1 N–H and O–H groups in total. The summed E-state index contributed by atoms with van der Waals surface area (Å²) in [6, 6.07) is 11.0. The normalized spacial score (nSPS) is 12.4. The molecule has 0 saturated carbocycles. The second-order valence-electron chi connectivity index (χ2n) is 3.73. The fourth-order valence-electron chi connectivity index (χ4n) is 1.42. The highest BCUT2D eigenvalue weighted by Gasteiger charge is 2.10. The minimum absolute atomic E-state index is 0.252. The van der Waals surface area contributed by atoms with Gasteiger partial charge in [-0.2, -0.15) is 0 Å². The molecular weight excluding hydrogens is 256 g/mol. The van der Waals surface area contributed by atoms with Crippen LogP contribution in [-0.4, -0.2) is 11.7 Å². The Balaban J connectivity index is 1.92. The van der Waals surface area contributed by atoms with Crippen LogP contribution < -0.4 is 4.74 Å². The van der Waals surface area contributed by atoms with E-state index >= 15 is 0 Å². The molecule has 0 bridgehead atoms. The van der Waals surface area contributed by atoms with Crippen LogP contribution in [0.2, 0.25) is 5.02 Å². The molecule has 0 aliphatic rings. The summed E-state index contributed by atoms with van der Waals surface area (Å²) in [4.78, 5) is 2.11. The highest BCUT2D eigenvalue weighted by molar-refractivity contribution is 7.12. The van der Waals surface area contributed by atoms with Gasteiger partial charge in [-0.3, -0.25) is 0 Å². The first-order valence-corrected chi connectivity index (χ1v) is 6.47. The summed E-state index contributed by atoms with van der Waals surface area (Å²) >= 11 is 7.35. The number of benzene rings is 1. The predicted octanol–water partition coefficient (Wildman–Crippen LogP) is 3.82. The summed E-state index contributed by atoms with van der Waals surface area (Å²) < 4.78 is 5.48. The lowest BCUT2D eigenvalue weighted by Crippen LogP contribution is -2.08. The number of aliphatic hydroxyl groups is 1. The van der Waals surface area contributed by atoms with Gasteiger partial charge in [-0.25, -0.2) is 0 Å². The lowest BCUT2D eigenvalue weighted by molar-refractivity contribution is 0.111. The molecule has 2 nitrogen and oxygen atoms in total. The van der Waals surface area contributed by atoms with Gasteiger partial charge in [0, 0.05) is 14.8 Å². The summed E-state index contributed by atoms with van der Waals surface area (Å²) in [7, 11) is 0. The smallest absolute Gasteiger partial charge is 0.122 e. The van der Waals surface area contributed by atoms with Crippen molar-refractivity contribution in [2.75, 3.05) is 6.61 Å². The summed E-state index contributed by atoms with van der Waals surface area (Å²) in [5, 5.41) is 10.6. The van der Waals surface area contributed by atoms with Crippen LogP contribution in [0.5, 0.6) is 5.75 Å². The predicted molar refractivity (Wildman–Crippen MR) is 71.0 cm³/mol. The molecule has 0 radical (unpaired) electrons. The number of aliphatic hydroxyl groups excluding tert-OH is 1. The zero-order valence-corrected chi connectivity index (χ0v) is 11.0. The number of hydrogen-bond donors (Lipinski definition) is 1. The van der Waals surface area contributed by atoms with Gasteiger partial charge in [-0.15, -0.1) is 11.3 Å². The standard InChI is InChI=1S/C13H13ClO2S/c1-9-2-7-13(17-9)12(15)8-16-11-5-3-10(14)4-6-11/h2-7,12,15H,8H2,1H3. The van der Waals surface area contributed by atoms with E-state index in [1.54, 1.807) is 35.6 Å². The van der Waals surface area contributed by atoms with Crippen LogP contribution in [0.25, 0.3) is 0 Å². The number of halogens is 1. The van der Waals surface area contributed by atoms with E-state index in [0.717, 1.165) is 4.88 Å². The van der Waals surface area contributed by atoms with Crippen molar-refractivity contribution < 1.29 is 9.84 Å². The number of rotatable bonds is 4. The van der Waals surface area contributed by atoms with E-state index in [9.17, 15) is 5.11 Å². The molecule has 4 heteroatoms. The SMILES string of the molecule is Cc1ccc(C(O)COc2ccc(Cl)cc2)s1. The first-order valence-electron chi connectivity index (χ1n) is 5.28. The molecule has 2 aromatic rings. The zero-order valence-electron chi connectivity index (χ0n) is 9.39. The topological polar surface area (TPSA) is 29.5 Å². The Morgan fingerprint density at radius 3 is 2.53 bits per heavy atom. The highest BCUT2D eigenvalue weighted by atomic mass is 35.5. The van der Waals surface area contributed by atoms with Crippen LogP contribution in [0.3, 0.4) is 0 Å². The van der Waals surface area contributed by atoms with Crippen molar-refractivity contribution in [2.45, 2.75) is 13.0 Å². The molecule has 0 aliphatic carbocycles. The van der Waals surface area contributed by atoms with Crippen molar-refractivity contribution in [3.8, 4) is 5.75 Å².